The van der Waals surface area contributed by atoms with Crippen LogP contribution in [0.25, 0.3) is 0 Å². The zero-order valence-corrected chi connectivity index (χ0v) is 5.92. The average Bonchev–Trinajstić information content (AvgIpc) is 2.28. The second-order valence-corrected chi connectivity index (χ2v) is 3.51. The molecule has 2 rings (SSSR count). The van der Waals surface area contributed by atoms with E-state index in [4.69, 9.17) is 0 Å². The van der Waals surface area contributed by atoms with Gasteiger partial charge < -0.3 is 5.11 Å². The summed E-state index contributed by atoms with van der Waals surface area (Å²) in [4.78, 5) is 11.1. The molecule has 56 valence electrons. The van der Waals surface area contributed by atoms with Crippen LogP contribution in [0.15, 0.2) is 0 Å². The van der Waals surface area contributed by atoms with E-state index in [-0.39, 0.29) is 6.10 Å². The summed E-state index contributed by atoms with van der Waals surface area (Å²) in [5.41, 5.74) is 0. The molecule has 1 N–H and O–H groups in total. The molecular formula is C8H12O2. The molecule has 2 aliphatic carbocycles. The summed E-state index contributed by atoms with van der Waals surface area (Å²) < 4.78 is 0. The van der Waals surface area contributed by atoms with Gasteiger partial charge in [0.05, 0.1) is 6.10 Å². The molecule has 0 spiro atoms. The number of fused-ring (bicyclic) bond motifs is 2. The fourth-order valence-electron chi connectivity index (χ4n) is 2.20. The third-order valence-corrected chi connectivity index (χ3v) is 2.88. The quantitative estimate of drug-likeness (QED) is 0.538. The fourth-order valence-corrected chi connectivity index (χ4v) is 2.20. The van der Waals surface area contributed by atoms with Crippen molar-refractivity contribution in [3.05, 3.63) is 0 Å². The third-order valence-electron chi connectivity index (χ3n) is 2.88. The molecule has 10 heavy (non-hydrogen) atoms. The largest absolute Gasteiger partial charge is 0.392 e. The van der Waals surface area contributed by atoms with Crippen molar-refractivity contribution < 1.29 is 9.90 Å². The van der Waals surface area contributed by atoms with Crippen molar-refractivity contribution in [2.45, 2.75) is 31.8 Å². The molecule has 2 fully saturated rings. The molecule has 0 unspecified atom stereocenters. The van der Waals surface area contributed by atoms with Crippen LogP contribution in [0.3, 0.4) is 0 Å². The number of ketones is 1. The summed E-state index contributed by atoms with van der Waals surface area (Å²) in [6.45, 7) is 0. The van der Waals surface area contributed by atoms with E-state index in [2.05, 4.69) is 0 Å². The first-order valence-corrected chi connectivity index (χ1v) is 3.98. The maximum absolute atomic E-state index is 11.1. The van der Waals surface area contributed by atoms with Crippen LogP contribution < -0.4 is 0 Å². The van der Waals surface area contributed by atoms with Gasteiger partial charge >= 0.3 is 0 Å². The Balaban J connectivity index is 2.16. The molecule has 0 aromatic rings. The summed E-state index contributed by atoms with van der Waals surface area (Å²) in [5.74, 6) is 1.05. The van der Waals surface area contributed by atoms with Crippen molar-refractivity contribution in [1.29, 1.82) is 0 Å². The Hall–Kier alpha value is -0.370. The highest BCUT2D eigenvalue weighted by Gasteiger charge is 2.39. The lowest BCUT2D eigenvalue weighted by Gasteiger charge is -2.22. The van der Waals surface area contributed by atoms with Crippen LogP contribution in [-0.2, 0) is 4.79 Å². The van der Waals surface area contributed by atoms with Crippen LogP contribution in [0.5, 0.6) is 0 Å². The molecule has 2 aliphatic rings. The Morgan fingerprint density at radius 3 is 3.00 bits per heavy atom. The van der Waals surface area contributed by atoms with E-state index < -0.39 is 0 Å². The highest BCUT2D eigenvalue weighted by Crippen LogP contribution is 2.39. The summed E-state index contributed by atoms with van der Waals surface area (Å²) in [6.07, 6.45) is 3.17. The standard InChI is InChI=1S/C8H12O2/c9-7-4-8(10)6-2-1-5(7)3-6/h5-7,9H,1-4H2/t5-,6+,7-/m0/s1. The van der Waals surface area contributed by atoms with Crippen molar-refractivity contribution in [2.75, 3.05) is 0 Å². The topological polar surface area (TPSA) is 37.3 Å². The van der Waals surface area contributed by atoms with Crippen molar-refractivity contribution in [2.24, 2.45) is 11.8 Å². The molecule has 2 heteroatoms. The first kappa shape index (κ1) is 6.35. The number of hydrogen-bond donors (Lipinski definition) is 1. The monoisotopic (exact) mass is 140 g/mol. The molecule has 0 radical (unpaired) electrons. The van der Waals surface area contributed by atoms with Gasteiger partial charge in [-0.05, 0) is 25.2 Å². The van der Waals surface area contributed by atoms with Gasteiger partial charge in [0.15, 0.2) is 0 Å². The van der Waals surface area contributed by atoms with E-state index in [1.165, 1.54) is 0 Å². The lowest BCUT2D eigenvalue weighted by Crippen LogP contribution is -2.29. The minimum atomic E-state index is -0.314. The maximum Gasteiger partial charge on any atom is 0.138 e. The molecular weight excluding hydrogens is 128 g/mol. The van der Waals surface area contributed by atoms with Gasteiger partial charge in [-0.2, -0.15) is 0 Å². The highest BCUT2D eigenvalue weighted by molar-refractivity contribution is 5.82. The van der Waals surface area contributed by atoms with E-state index >= 15 is 0 Å². The normalized spacial score (nSPS) is 46.1. The lowest BCUT2D eigenvalue weighted by atomic mass is 9.86. The molecule has 0 aliphatic heterocycles. The van der Waals surface area contributed by atoms with Crippen molar-refractivity contribution in [1.82, 2.24) is 0 Å². The van der Waals surface area contributed by atoms with E-state index in [1.54, 1.807) is 0 Å². The second-order valence-electron chi connectivity index (χ2n) is 3.51. The molecule has 0 saturated heterocycles. The Kier molecular flexibility index (Phi) is 1.31. The van der Waals surface area contributed by atoms with Crippen molar-refractivity contribution in [3.63, 3.8) is 0 Å². The van der Waals surface area contributed by atoms with Gasteiger partial charge in [-0.15, -0.1) is 0 Å². The van der Waals surface area contributed by atoms with Crippen molar-refractivity contribution in [3.8, 4) is 0 Å². The average molecular weight is 140 g/mol. The van der Waals surface area contributed by atoms with Gasteiger partial charge in [0, 0.05) is 12.3 Å². The summed E-state index contributed by atoms with van der Waals surface area (Å²) in [5, 5.41) is 9.35. The van der Waals surface area contributed by atoms with E-state index in [9.17, 15) is 9.90 Å². The molecule has 0 amide bonds. The summed E-state index contributed by atoms with van der Waals surface area (Å²) in [6, 6.07) is 0. The zero-order chi connectivity index (χ0) is 7.14. The predicted molar refractivity (Wildman–Crippen MR) is 36.5 cm³/mol. The Morgan fingerprint density at radius 2 is 2.20 bits per heavy atom. The Bertz CT molecular complexity index is 165. The number of aliphatic hydroxyl groups excluding tert-OH is 1. The van der Waals surface area contributed by atoms with Gasteiger partial charge in [-0.3, -0.25) is 4.79 Å². The predicted octanol–water partition coefficient (Wildman–Crippen LogP) is 0.736. The zero-order valence-electron chi connectivity index (χ0n) is 5.92. The Morgan fingerprint density at radius 1 is 1.40 bits per heavy atom. The summed E-state index contributed by atoms with van der Waals surface area (Å²) >= 11 is 0. The number of hydrogen-bond acceptors (Lipinski definition) is 2. The Labute approximate surface area is 60.2 Å². The minimum Gasteiger partial charge on any atom is -0.392 e. The molecule has 2 nitrogen and oxygen atoms in total. The first-order valence-electron chi connectivity index (χ1n) is 3.98. The molecule has 0 aromatic carbocycles. The van der Waals surface area contributed by atoms with Gasteiger partial charge in [0.2, 0.25) is 0 Å². The van der Waals surface area contributed by atoms with Gasteiger partial charge in [0.25, 0.3) is 0 Å². The van der Waals surface area contributed by atoms with E-state index in [0.717, 1.165) is 19.3 Å². The molecule has 0 aromatic heterocycles. The van der Waals surface area contributed by atoms with Gasteiger partial charge in [-0.1, -0.05) is 0 Å². The molecule has 0 heterocycles. The van der Waals surface area contributed by atoms with Gasteiger partial charge in [0.1, 0.15) is 5.78 Å². The molecule has 2 saturated carbocycles. The number of carbonyl (C=O) groups excluding carboxylic acids is 1. The number of Topliss-reactive ketones (excluding diaryl/α,β-unsaturated/α-hetero) is 1. The van der Waals surface area contributed by atoms with E-state index in [1.807, 2.05) is 0 Å². The minimum absolute atomic E-state index is 0.293. The lowest BCUT2D eigenvalue weighted by molar-refractivity contribution is -0.127. The SMILES string of the molecule is O=C1C[C@H](O)[C@H]2CC[C@@H]1C2. The van der Waals surface area contributed by atoms with Gasteiger partial charge in [-0.25, -0.2) is 0 Å². The van der Waals surface area contributed by atoms with Crippen LogP contribution in [-0.4, -0.2) is 17.0 Å². The van der Waals surface area contributed by atoms with Crippen molar-refractivity contribution >= 4 is 5.78 Å². The molecule has 2 bridgehead atoms. The summed E-state index contributed by atoms with van der Waals surface area (Å²) in [7, 11) is 0. The fraction of sp³-hybridized carbons (Fsp3) is 0.875. The number of rotatable bonds is 0. The maximum atomic E-state index is 11.1. The molecule has 3 atom stereocenters. The third kappa shape index (κ3) is 0.788. The number of carbonyl (C=O) groups is 1. The van der Waals surface area contributed by atoms with Crippen LogP contribution >= 0.6 is 0 Å². The van der Waals surface area contributed by atoms with Crippen LogP contribution in [0.2, 0.25) is 0 Å². The van der Waals surface area contributed by atoms with Crippen LogP contribution in [0.4, 0.5) is 0 Å². The van der Waals surface area contributed by atoms with Crippen LogP contribution in [0, 0.1) is 11.8 Å². The highest BCUT2D eigenvalue weighted by atomic mass is 16.3. The first-order chi connectivity index (χ1) is 4.77. The number of aliphatic hydroxyl groups is 1. The van der Waals surface area contributed by atoms with Crippen LogP contribution in [0.1, 0.15) is 25.7 Å². The smallest absolute Gasteiger partial charge is 0.138 e. The second kappa shape index (κ2) is 2.06. The van der Waals surface area contributed by atoms with E-state index in [0.29, 0.717) is 24.0 Å².